The van der Waals surface area contributed by atoms with Crippen molar-refractivity contribution in [2.24, 2.45) is 0 Å². The van der Waals surface area contributed by atoms with Crippen molar-refractivity contribution in [3.05, 3.63) is 34.7 Å². The SMILES string of the molecule is CCCCCS(=O)Cc1c(C(=O)O)sc2ccccc12. The van der Waals surface area contributed by atoms with Crippen LogP contribution in [0.1, 0.15) is 41.4 Å². The van der Waals surface area contributed by atoms with Crippen LogP contribution in [0.5, 0.6) is 0 Å². The maximum atomic E-state index is 12.1. The molecule has 0 bridgehead atoms. The summed E-state index contributed by atoms with van der Waals surface area (Å²) >= 11 is 1.27. The van der Waals surface area contributed by atoms with Gasteiger partial charge in [-0.1, -0.05) is 38.0 Å². The summed E-state index contributed by atoms with van der Waals surface area (Å²) in [6.45, 7) is 2.11. The van der Waals surface area contributed by atoms with Crippen LogP contribution in [0.3, 0.4) is 0 Å². The molecule has 108 valence electrons. The van der Waals surface area contributed by atoms with E-state index in [1.54, 1.807) is 0 Å². The fourth-order valence-electron chi connectivity index (χ4n) is 2.16. The largest absolute Gasteiger partial charge is 0.477 e. The van der Waals surface area contributed by atoms with Crippen LogP contribution in [0.4, 0.5) is 0 Å². The summed E-state index contributed by atoms with van der Waals surface area (Å²) in [4.78, 5) is 11.7. The Morgan fingerprint density at radius 3 is 2.75 bits per heavy atom. The van der Waals surface area contributed by atoms with Gasteiger partial charge in [-0.25, -0.2) is 4.79 Å². The third-order valence-corrected chi connectivity index (χ3v) is 5.73. The number of carbonyl (C=O) groups is 1. The van der Waals surface area contributed by atoms with Gasteiger partial charge in [0.15, 0.2) is 0 Å². The summed E-state index contributed by atoms with van der Waals surface area (Å²) in [5.74, 6) is 0.0682. The Morgan fingerprint density at radius 1 is 1.30 bits per heavy atom. The number of carboxylic acid groups (broad SMARTS) is 1. The lowest BCUT2D eigenvalue weighted by atomic mass is 10.1. The molecule has 1 N–H and O–H groups in total. The minimum absolute atomic E-state index is 0.329. The first kappa shape index (κ1) is 15.2. The standard InChI is InChI=1S/C15H18O3S2/c1-2-3-6-9-20(18)10-12-11-7-4-5-8-13(11)19-14(12)15(16)17/h4-5,7-8H,2-3,6,9-10H2,1H3,(H,16,17). The van der Waals surface area contributed by atoms with E-state index in [9.17, 15) is 14.1 Å². The van der Waals surface area contributed by atoms with Gasteiger partial charge in [0.25, 0.3) is 0 Å². The number of carboxylic acids is 1. The summed E-state index contributed by atoms with van der Waals surface area (Å²) in [6.07, 6.45) is 3.11. The molecular formula is C15H18O3S2. The van der Waals surface area contributed by atoms with Gasteiger partial charge in [-0.05, 0) is 23.4 Å². The smallest absolute Gasteiger partial charge is 0.346 e. The highest BCUT2D eigenvalue weighted by molar-refractivity contribution is 7.84. The predicted molar refractivity (Wildman–Crippen MR) is 85.0 cm³/mol. The average molecular weight is 310 g/mol. The molecular weight excluding hydrogens is 292 g/mol. The molecule has 0 saturated carbocycles. The van der Waals surface area contributed by atoms with Crippen LogP contribution in [0.15, 0.2) is 24.3 Å². The van der Waals surface area contributed by atoms with Crippen molar-refractivity contribution in [2.45, 2.75) is 31.9 Å². The number of hydrogen-bond donors (Lipinski definition) is 1. The number of fused-ring (bicyclic) bond motifs is 1. The zero-order valence-corrected chi connectivity index (χ0v) is 13.1. The zero-order chi connectivity index (χ0) is 14.5. The van der Waals surface area contributed by atoms with Crippen molar-refractivity contribution in [3.63, 3.8) is 0 Å². The van der Waals surface area contributed by atoms with E-state index in [0.29, 0.717) is 16.4 Å². The van der Waals surface area contributed by atoms with E-state index < -0.39 is 16.8 Å². The number of unbranched alkanes of at least 4 members (excludes halogenated alkanes) is 2. The van der Waals surface area contributed by atoms with Crippen LogP contribution in [0.2, 0.25) is 0 Å². The van der Waals surface area contributed by atoms with Crippen LogP contribution >= 0.6 is 11.3 Å². The predicted octanol–water partition coefficient (Wildman–Crippen LogP) is 4.04. The van der Waals surface area contributed by atoms with E-state index in [0.717, 1.165) is 34.9 Å². The van der Waals surface area contributed by atoms with Crippen molar-refractivity contribution >= 4 is 38.2 Å². The normalized spacial score (nSPS) is 12.7. The summed E-state index contributed by atoms with van der Waals surface area (Å²) < 4.78 is 13.1. The van der Waals surface area contributed by atoms with Crippen molar-refractivity contribution in [1.82, 2.24) is 0 Å². The molecule has 0 fully saturated rings. The molecule has 0 radical (unpaired) electrons. The van der Waals surface area contributed by atoms with Crippen LogP contribution in [0.25, 0.3) is 10.1 Å². The fourth-order valence-corrected chi connectivity index (χ4v) is 4.61. The van der Waals surface area contributed by atoms with Crippen LogP contribution in [-0.2, 0) is 16.6 Å². The first-order valence-electron chi connectivity index (χ1n) is 6.72. The van der Waals surface area contributed by atoms with Gasteiger partial charge in [0.1, 0.15) is 4.88 Å². The molecule has 3 nitrogen and oxygen atoms in total. The molecule has 2 aromatic rings. The van der Waals surface area contributed by atoms with Gasteiger partial charge in [0.05, 0.1) is 5.75 Å². The first-order chi connectivity index (χ1) is 9.63. The van der Waals surface area contributed by atoms with Gasteiger partial charge in [0.2, 0.25) is 0 Å². The van der Waals surface area contributed by atoms with E-state index in [4.69, 9.17) is 0 Å². The van der Waals surface area contributed by atoms with Crippen molar-refractivity contribution in [1.29, 1.82) is 0 Å². The van der Waals surface area contributed by atoms with E-state index in [2.05, 4.69) is 6.92 Å². The minimum atomic E-state index is -0.990. The van der Waals surface area contributed by atoms with Crippen molar-refractivity contribution in [3.8, 4) is 0 Å². The Bertz CT molecular complexity index is 631. The highest BCUT2D eigenvalue weighted by Gasteiger charge is 2.19. The molecule has 1 aromatic heterocycles. The second-order valence-corrected chi connectivity index (χ2v) is 7.34. The number of benzene rings is 1. The molecule has 0 aliphatic rings. The minimum Gasteiger partial charge on any atom is -0.477 e. The molecule has 0 saturated heterocycles. The molecule has 20 heavy (non-hydrogen) atoms. The van der Waals surface area contributed by atoms with E-state index in [-0.39, 0.29) is 0 Å². The Hall–Kier alpha value is -1.20. The van der Waals surface area contributed by atoms with Gasteiger partial charge >= 0.3 is 5.97 Å². The molecule has 1 atom stereocenters. The van der Waals surface area contributed by atoms with Crippen LogP contribution < -0.4 is 0 Å². The molecule has 1 unspecified atom stereocenters. The van der Waals surface area contributed by atoms with Crippen LogP contribution in [0, 0.1) is 0 Å². The molecule has 2 rings (SSSR count). The Balaban J connectivity index is 2.25. The number of aromatic carboxylic acids is 1. The highest BCUT2D eigenvalue weighted by atomic mass is 32.2. The fraction of sp³-hybridized carbons (Fsp3) is 0.400. The lowest BCUT2D eigenvalue weighted by Gasteiger charge is -2.03. The second kappa shape index (κ2) is 6.99. The second-order valence-electron chi connectivity index (χ2n) is 4.71. The Morgan fingerprint density at radius 2 is 2.05 bits per heavy atom. The maximum absolute atomic E-state index is 12.1. The Kier molecular flexibility index (Phi) is 5.31. The number of rotatable bonds is 7. The molecule has 1 aromatic carbocycles. The monoisotopic (exact) mass is 310 g/mol. The summed E-state index contributed by atoms with van der Waals surface area (Å²) in [7, 11) is -0.990. The highest BCUT2D eigenvalue weighted by Crippen LogP contribution is 2.32. The third kappa shape index (κ3) is 3.46. The summed E-state index contributed by atoms with van der Waals surface area (Å²) in [5.41, 5.74) is 0.730. The maximum Gasteiger partial charge on any atom is 0.346 e. The average Bonchev–Trinajstić information content (AvgIpc) is 2.78. The molecule has 5 heteroatoms. The van der Waals surface area contributed by atoms with E-state index in [1.807, 2.05) is 24.3 Å². The van der Waals surface area contributed by atoms with Gasteiger partial charge in [-0.2, -0.15) is 0 Å². The zero-order valence-electron chi connectivity index (χ0n) is 11.4. The summed E-state index contributed by atoms with van der Waals surface area (Å²) in [6, 6.07) is 7.61. The van der Waals surface area contributed by atoms with Gasteiger partial charge < -0.3 is 5.11 Å². The molecule has 0 spiro atoms. The van der Waals surface area contributed by atoms with Crippen molar-refractivity contribution < 1.29 is 14.1 Å². The van der Waals surface area contributed by atoms with E-state index in [1.165, 1.54) is 11.3 Å². The third-order valence-electron chi connectivity index (χ3n) is 3.17. The lowest BCUT2D eigenvalue weighted by molar-refractivity contribution is 0.0701. The van der Waals surface area contributed by atoms with Gasteiger partial charge in [0, 0.05) is 21.3 Å². The lowest BCUT2D eigenvalue weighted by Crippen LogP contribution is -2.05. The molecule has 0 aliphatic heterocycles. The van der Waals surface area contributed by atoms with Gasteiger partial charge in [-0.15, -0.1) is 11.3 Å². The molecule has 1 heterocycles. The van der Waals surface area contributed by atoms with Crippen molar-refractivity contribution in [2.75, 3.05) is 5.75 Å². The summed E-state index contributed by atoms with van der Waals surface area (Å²) in [5, 5.41) is 10.2. The van der Waals surface area contributed by atoms with E-state index >= 15 is 0 Å². The molecule has 0 amide bonds. The Labute approximate surface area is 125 Å². The first-order valence-corrected chi connectivity index (χ1v) is 9.02. The van der Waals surface area contributed by atoms with Gasteiger partial charge in [-0.3, -0.25) is 4.21 Å². The number of thiophene rings is 1. The number of hydrogen-bond acceptors (Lipinski definition) is 3. The quantitative estimate of drug-likeness (QED) is 0.785. The topological polar surface area (TPSA) is 54.4 Å². The molecule has 0 aliphatic carbocycles. The van der Waals surface area contributed by atoms with Crippen LogP contribution in [-0.4, -0.2) is 21.0 Å².